The summed E-state index contributed by atoms with van der Waals surface area (Å²) in [6, 6.07) is 6.79. The Morgan fingerprint density at radius 3 is 2.82 bits per heavy atom. The van der Waals surface area contributed by atoms with Gasteiger partial charge in [-0.2, -0.15) is 0 Å². The van der Waals surface area contributed by atoms with E-state index in [4.69, 9.17) is 9.84 Å². The largest absolute Gasteiger partial charge is 0.481 e. The van der Waals surface area contributed by atoms with Crippen LogP contribution in [0.4, 0.5) is 4.39 Å². The van der Waals surface area contributed by atoms with Crippen molar-refractivity contribution in [1.29, 1.82) is 0 Å². The first-order valence-corrected chi connectivity index (χ1v) is 5.63. The van der Waals surface area contributed by atoms with E-state index in [1.165, 1.54) is 0 Å². The number of carbonyl (C=O) groups is 1. The summed E-state index contributed by atoms with van der Waals surface area (Å²) < 4.78 is 19.7. The van der Waals surface area contributed by atoms with E-state index >= 15 is 0 Å². The fourth-order valence-corrected chi connectivity index (χ4v) is 2.17. The quantitative estimate of drug-likeness (QED) is 0.879. The van der Waals surface area contributed by atoms with Crippen molar-refractivity contribution in [2.75, 3.05) is 13.2 Å². The van der Waals surface area contributed by atoms with Crippen molar-refractivity contribution in [2.45, 2.75) is 24.9 Å². The van der Waals surface area contributed by atoms with Gasteiger partial charge in [0.1, 0.15) is 0 Å². The van der Waals surface area contributed by atoms with Crippen molar-refractivity contribution in [3.63, 3.8) is 0 Å². The molecule has 1 aliphatic heterocycles. The lowest BCUT2D eigenvalue weighted by atomic mass is 9.86. The summed E-state index contributed by atoms with van der Waals surface area (Å²) in [5.74, 6) is -1.65. The first-order chi connectivity index (χ1) is 8.04. The van der Waals surface area contributed by atoms with Gasteiger partial charge in [0.15, 0.2) is 5.67 Å². The van der Waals surface area contributed by atoms with Crippen LogP contribution >= 0.6 is 0 Å². The lowest BCUT2D eigenvalue weighted by Crippen LogP contribution is -2.24. The van der Waals surface area contributed by atoms with E-state index in [9.17, 15) is 9.18 Å². The average molecular weight is 238 g/mol. The molecule has 17 heavy (non-hydrogen) atoms. The van der Waals surface area contributed by atoms with Crippen LogP contribution < -0.4 is 0 Å². The molecule has 1 saturated heterocycles. The second kappa shape index (κ2) is 4.45. The van der Waals surface area contributed by atoms with Gasteiger partial charge >= 0.3 is 5.97 Å². The molecule has 0 bridgehead atoms. The number of hydrogen-bond acceptors (Lipinski definition) is 2. The molecule has 0 saturated carbocycles. The summed E-state index contributed by atoms with van der Waals surface area (Å²) in [6.45, 7) is 1.96. The van der Waals surface area contributed by atoms with E-state index in [0.717, 1.165) is 0 Å². The summed E-state index contributed by atoms with van der Waals surface area (Å²) in [5.41, 5.74) is -0.555. The number of alkyl halides is 1. The van der Waals surface area contributed by atoms with Crippen LogP contribution in [0.3, 0.4) is 0 Å². The third-order valence-electron chi connectivity index (χ3n) is 3.25. The van der Waals surface area contributed by atoms with Crippen molar-refractivity contribution >= 4 is 5.97 Å². The third-order valence-corrected chi connectivity index (χ3v) is 3.25. The molecule has 0 spiro atoms. The zero-order valence-electron chi connectivity index (χ0n) is 9.65. The number of rotatable bonds is 3. The highest BCUT2D eigenvalue weighted by Gasteiger charge is 2.39. The molecule has 92 valence electrons. The van der Waals surface area contributed by atoms with Crippen LogP contribution in [-0.2, 0) is 15.2 Å². The van der Waals surface area contributed by atoms with Crippen molar-refractivity contribution in [1.82, 2.24) is 0 Å². The Kier molecular flexibility index (Phi) is 3.15. The number of benzene rings is 1. The molecule has 4 heteroatoms. The van der Waals surface area contributed by atoms with E-state index in [2.05, 4.69) is 0 Å². The van der Waals surface area contributed by atoms with Crippen LogP contribution in [0.5, 0.6) is 0 Å². The van der Waals surface area contributed by atoms with Crippen LogP contribution in [-0.4, -0.2) is 24.3 Å². The van der Waals surface area contributed by atoms with E-state index in [0.29, 0.717) is 17.7 Å². The molecule has 3 nitrogen and oxygen atoms in total. The Bertz CT molecular complexity index is 424. The molecule has 1 N–H and O–H groups in total. The van der Waals surface area contributed by atoms with E-state index < -0.39 is 17.6 Å². The van der Waals surface area contributed by atoms with Crippen LogP contribution in [0.2, 0.25) is 0 Å². The summed E-state index contributed by atoms with van der Waals surface area (Å²) in [6.07, 6.45) is 0.288. The highest BCUT2D eigenvalue weighted by Crippen LogP contribution is 2.38. The molecule has 0 radical (unpaired) electrons. The van der Waals surface area contributed by atoms with Gasteiger partial charge in [0, 0.05) is 6.42 Å². The van der Waals surface area contributed by atoms with Gasteiger partial charge in [0.2, 0.25) is 0 Å². The first kappa shape index (κ1) is 12.0. The molecule has 1 aliphatic rings. The highest BCUT2D eigenvalue weighted by atomic mass is 19.1. The molecule has 0 aromatic heterocycles. The summed E-state index contributed by atoms with van der Waals surface area (Å²) in [4.78, 5) is 11.0. The van der Waals surface area contributed by atoms with Crippen molar-refractivity contribution in [2.24, 2.45) is 0 Å². The molecular formula is C13H15FO3. The maximum absolute atomic E-state index is 14.6. The van der Waals surface area contributed by atoms with E-state index in [1.54, 1.807) is 31.2 Å². The smallest absolute Gasteiger partial charge is 0.310 e. The molecule has 1 fully saturated rings. The van der Waals surface area contributed by atoms with Gasteiger partial charge in [0.05, 0.1) is 19.1 Å². The first-order valence-electron chi connectivity index (χ1n) is 5.63. The number of carboxylic acid groups (broad SMARTS) is 1. The third kappa shape index (κ3) is 2.17. The van der Waals surface area contributed by atoms with Gasteiger partial charge in [0.25, 0.3) is 0 Å². The lowest BCUT2D eigenvalue weighted by molar-refractivity contribution is -0.138. The van der Waals surface area contributed by atoms with Crippen LogP contribution in [0.15, 0.2) is 24.3 Å². The number of hydrogen-bond donors (Lipinski definition) is 1. The zero-order valence-corrected chi connectivity index (χ0v) is 9.65. The Hall–Kier alpha value is -1.42. The Morgan fingerprint density at radius 2 is 2.24 bits per heavy atom. The van der Waals surface area contributed by atoms with Crippen LogP contribution in [0, 0.1) is 0 Å². The monoisotopic (exact) mass is 238 g/mol. The van der Waals surface area contributed by atoms with Crippen molar-refractivity contribution < 1.29 is 19.0 Å². The second-order valence-electron chi connectivity index (χ2n) is 4.42. The Morgan fingerprint density at radius 1 is 1.53 bits per heavy atom. The van der Waals surface area contributed by atoms with E-state index in [-0.39, 0.29) is 13.0 Å². The molecule has 0 amide bonds. The van der Waals surface area contributed by atoms with Gasteiger partial charge in [-0.25, -0.2) is 4.39 Å². The predicted octanol–water partition coefficient (Wildman–Crippen LogP) is 2.46. The zero-order chi connectivity index (χ0) is 12.5. The summed E-state index contributed by atoms with van der Waals surface area (Å²) in [7, 11) is 0. The number of carboxylic acids is 1. The molecule has 2 atom stereocenters. The summed E-state index contributed by atoms with van der Waals surface area (Å²) >= 11 is 0. The topological polar surface area (TPSA) is 46.5 Å². The lowest BCUT2D eigenvalue weighted by Gasteiger charge is -2.23. The Balaban J connectivity index is 2.43. The normalized spacial score (nSPS) is 25.8. The van der Waals surface area contributed by atoms with Gasteiger partial charge in [-0.1, -0.05) is 24.3 Å². The fraction of sp³-hybridized carbons (Fsp3) is 0.462. The molecule has 2 unspecified atom stereocenters. The average Bonchev–Trinajstić information content (AvgIpc) is 2.76. The minimum absolute atomic E-state index is 0.0103. The summed E-state index contributed by atoms with van der Waals surface area (Å²) in [5, 5.41) is 9.03. The van der Waals surface area contributed by atoms with Crippen LogP contribution in [0.25, 0.3) is 0 Å². The standard InChI is InChI=1S/C13H15FO3/c1-9(12(15)16)10-4-2-3-5-11(10)13(14)6-7-17-8-13/h2-5,9H,6-8H2,1H3,(H,15,16). The molecule has 2 rings (SSSR count). The highest BCUT2D eigenvalue weighted by molar-refractivity contribution is 5.76. The van der Waals surface area contributed by atoms with Crippen molar-refractivity contribution in [3.8, 4) is 0 Å². The minimum Gasteiger partial charge on any atom is -0.481 e. The number of halogens is 1. The van der Waals surface area contributed by atoms with Gasteiger partial charge in [-0.05, 0) is 18.1 Å². The Labute approximate surface area is 99.2 Å². The van der Waals surface area contributed by atoms with E-state index in [1.807, 2.05) is 0 Å². The molecule has 1 heterocycles. The maximum Gasteiger partial charge on any atom is 0.310 e. The van der Waals surface area contributed by atoms with Gasteiger partial charge < -0.3 is 9.84 Å². The number of ether oxygens (including phenoxy) is 1. The molecule has 0 aliphatic carbocycles. The minimum atomic E-state index is -1.54. The van der Waals surface area contributed by atoms with Gasteiger partial charge in [-0.3, -0.25) is 4.79 Å². The number of aliphatic carboxylic acids is 1. The van der Waals surface area contributed by atoms with Crippen molar-refractivity contribution in [3.05, 3.63) is 35.4 Å². The molecule has 1 aromatic rings. The molecular weight excluding hydrogens is 223 g/mol. The predicted molar refractivity (Wildman–Crippen MR) is 60.7 cm³/mol. The fourth-order valence-electron chi connectivity index (χ4n) is 2.17. The SMILES string of the molecule is CC(C(=O)O)c1ccccc1C1(F)CCOC1. The second-order valence-corrected chi connectivity index (χ2v) is 4.42. The maximum atomic E-state index is 14.6. The van der Waals surface area contributed by atoms with Crippen LogP contribution in [0.1, 0.15) is 30.4 Å². The van der Waals surface area contributed by atoms with Gasteiger partial charge in [-0.15, -0.1) is 0 Å². The molecule has 1 aromatic carbocycles.